The fraction of sp³-hybridized carbons (Fsp3) is 0.690. The molecule has 1 aromatic carbocycles. The van der Waals surface area contributed by atoms with Crippen LogP contribution in [-0.2, 0) is 8.98 Å². The standard InChI is InChI=1S/C27H37NO2S.C2H6/c1-18-5-8-20(9-6-18)31-30-17-19-7-11-22-21-10-12-24-27(3,16-14-25(29)28(24)4)23(21)13-15-26(19,22)2;1-2/h5-6,8-9,14,16,19,21-24H,7,10-13,15,17H2,1-4H3;1-2H3. The number of nitrogens with zero attached hydrogens (tertiary/aromatic N) is 1. The van der Waals surface area contributed by atoms with Crippen LogP contribution in [0.4, 0.5) is 0 Å². The minimum absolute atomic E-state index is 0.142. The van der Waals surface area contributed by atoms with Gasteiger partial charge in [0, 0.05) is 35.4 Å². The maximum absolute atomic E-state index is 12.3. The molecular weight excluding hydrogens is 426 g/mol. The Kier molecular flexibility index (Phi) is 7.36. The Labute approximate surface area is 205 Å². The average molecular weight is 470 g/mol. The van der Waals surface area contributed by atoms with Crippen molar-refractivity contribution in [1.29, 1.82) is 0 Å². The second-order valence-corrected chi connectivity index (χ2v) is 12.0. The van der Waals surface area contributed by atoms with Crippen molar-refractivity contribution in [3.05, 3.63) is 42.0 Å². The zero-order valence-electron chi connectivity index (χ0n) is 21.5. The van der Waals surface area contributed by atoms with Crippen LogP contribution in [0.15, 0.2) is 41.3 Å². The molecule has 0 bridgehead atoms. The summed E-state index contributed by atoms with van der Waals surface area (Å²) < 4.78 is 6.19. The molecule has 33 heavy (non-hydrogen) atoms. The summed E-state index contributed by atoms with van der Waals surface area (Å²) in [7, 11) is 2.01. The molecule has 7 unspecified atom stereocenters. The van der Waals surface area contributed by atoms with Crippen molar-refractivity contribution in [1.82, 2.24) is 4.90 Å². The van der Waals surface area contributed by atoms with Gasteiger partial charge < -0.3 is 9.08 Å². The number of aryl methyl sites for hydroxylation is 1. The largest absolute Gasteiger partial charge is 0.338 e. The van der Waals surface area contributed by atoms with E-state index in [1.54, 1.807) is 12.0 Å². The summed E-state index contributed by atoms with van der Waals surface area (Å²) in [5.74, 6) is 3.15. The van der Waals surface area contributed by atoms with Crippen molar-refractivity contribution in [2.45, 2.75) is 84.1 Å². The predicted octanol–water partition coefficient (Wildman–Crippen LogP) is 7.30. The van der Waals surface area contributed by atoms with Crippen LogP contribution in [0.2, 0.25) is 0 Å². The van der Waals surface area contributed by atoms with Crippen molar-refractivity contribution in [2.75, 3.05) is 13.7 Å². The molecule has 1 heterocycles. The molecule has 3 fully saturated rings. The molecule has 0 spiro atoms. The molecule has 0 aromatic heterocycles. The van der Waals surface area contributed by atoms with Crippen LogP contribution < -0.4 is 0 Å². The normalized spacial score (nSPS) is 39.3. The molecule has 0 saturated heterocycles. The van der Waals surface area contributed by atoms with E-state index in [0.717, 1.165) is 24.9 Å². The summed E-state index contributed by atoms with van der Waals surface area (Å²) in [5, 5.41) is 0. The van der Waals surface area contributed by atoms with Crippen LogP contribution in [-0.4, -0.2) is 30.5 Å². The SMILES string of the molecule is CC.Cc1ccc(SOCC2CCC3C4CCC5N(C)C(=O)C=CC5(C)C4CCC23C)cc1. The van der Waals surface area contributed by atoms with Crippen molar-refractivity contribution in [2.24, 2.45) is 34.5 Å². The van der Waals surface area contributed by atoms with Crippen LogP contribution >= 0.6 is 12.0 Å². The second kappa shape index (κ2) is 9.77. The Bertz CT molecular complexity index is 867. The van der Waals surface area contributed by atoms with E-state index in [1.165, 1.54) is 42.6 Å². The highest BCUT2D eigenvalue weighted by Crippen LogP contribution is 2.65. The number of benzene rings is 1. The third kappa shape index (κ3) is 4.31. The first-order chi connectivity index (χ1) is 15.8. The van der Waals surface area contributed by atoms with Crippen molar-refractivity contribution in [3.63, 3.8) is 0 Å². The van der Waals surface area contributed by atoms with E-state index in [0.29, 0.717) is 23.3 Å². The van der Waals surface area contributed by atoms with Gasteiger partial charge in [-0.25, -0.2) is 0 Å². The Morgan fingerprint density at radius 3 is 2.48 bits per heavy atom. The summed E-state index contributed by atoms with van der Waals surface area (Å²) in [4.78, 5) is 15.5. The number of likely N-dealkylation sites (N-methyl/N-ethyl adjacent to an activating group) is 1. The Hall–Kier alpha value is -1.26. The minimum Gasteiger partial charge on any atom is -0.338 e. The zero-order chi connectivity index (χ0) is 23.8. The minimum atomic E-state index is 0.142. The summed E-state index contributed by atoms with van der Waals surface area (Å²) in [5.41, 5.74) is 1.83. The van der Waals surface area contributed by atoms with Gasteiger partial charge in [0.25, 0.3) is 0 Å². The first-order valence-corrected chi connectivity index (χ1v) is 13.9. The molecule has 1 aliphatic heterocycles. The summed E-state index contributed by atoms with van der Waals surface area (Å²) >= 11 is 1.54. The van der Waals surface area contributed by atoms with Gasteiger partial charge in [0.05, 0.1) is 6.61 Å². The molecule has 182 valence electrons. The van der Waals surface area contributed by atoms with Gasteiger partial charge in [-0.3, -0.25) is 4.79 Å². The van der Waals surface area contributed by atoms with E-state index in [4.69, 9.17) is 4.18 Å². The summed E-state index contributed by atoms with van der Waals surface area (Å²) in [6.07, 6.45) is 11.8. The number of amides is 1. The van der Waals surface area contributed by atoms with Crippen molar-refractivity contribution < 1.29 is 8.98 Å². The van der Waals surface area contributed by atoms with Gasteiger partial charge in [0.1, 0.15) is 0 Å². The highest BCUT2D eigenvalue weighted by Gasteiger charge is 2.60. The Morgan fingerprint density at radius 2 is 1.76 bits per heavy atom. The van der Waals surface area contributed by atoms with Crippen molar-refractivity contribution >= 4 is 17.9 Å². The summed E-state index contributed by atoms with van der Waals surface area (Å²) in [6.45, 7) is 12.0. The fourth-order valence-electron chi connectivity index (χ4n) is 7.90. The van der Waals surface area contributed by atoms with Gasteiger partial charge in [-0.2, -0.15) is 0 Å². The van der Waals surface area contributed by atoms with Crippen LogP contribution in [0.3, 0.4) is 0 Å². The maximum Gasteiger partial charge on any atom is 0.246 e. The first kappa shape index (κ1) is 24.9. The summed E-state index contributed by atoms with van der Waals surface area (Å²) in [6, 6.07) is 9.00. The van der Waals surface area contributed by atoms with Gasteiger partial charge in [0.2, 0.25) is 5.91 Å². The van der Waals surface area contributed by atoms with Crippen LogP contribution in [0, 0.1) is 41.4 Å². The first-order valence-electron chi connectivity index (χ1n) is 13.1. The lowest BCUT2D eigenvalue weighted by Crippen LogP contribution is -2.59. The number of carbonyl (C=O) groups is 1. The molecule has 7 atom stereocenters. The third-order valence-corrected chi connectivity index (χ3v) is 10.5. The number of carbonyl (C=O) groups excluding carboxylic acids is 1. The monoisotopic (exact) mass is 469 g/mol. The predicted molar refractivity (Wildman–Crippen MR) is 138 cm³/mol. The van der Waals surface area contributed by atoms with E-state index in [1.807, 2.05) is 31.9 Å². The van der Waals surface area contributed by atoms with Crippen LogP contribution in [0.5, 0.6) is 0 Å². The van der Waals surface area contributed by atoms with Gasteiger partial charge in [-0.05, 0) is 92.7 Å². The molecular formula is C29H43NO2S. The smallest absolute Gasteiger partial charge is 0.246 e. The molecule has 3 saturated carbocycles. The average Bonchev–Trinajstić information content (AvgIpc) is 3.16. The van der Waals surface area contributed by atoms with Crippen LogP contribution in [0.1, 0.15) is 71.8 Å². The van der Waals surface area contributed by atoms with Gasteiger partial charge in [-0.1, -0.05) is 51.5 Å². The number of rotatable bonds is 4. The second-order valence-electron chi connectivity index (χ2n) is 11.1. The van der Waals surface area contributed by atoms with Gasteiger partial charge >= 0.3 is 0 Å². The zero-order valence-corrected chi connectivity index (χ0v) is 22.3. The van der Waals surface area contributed by atoms with Crippen LogP contribution in [0.25, 0.3) is 0 Å². The lowest BCUT2D eigenvalue weighted by atomic mass is 9.48. The van der Waals surface area contributed by atoms with E-state index in [9.17, 15) is 4.79 Å². The molecule has 1 amide bonds. The van der Waals surface area contributed by atoms with Crippen molar-refractivity contribution in [3.8, 4) is 0 Å². The Morgan fingerprint density at radius 1 is 1.03 bits per heavy atom. The van der Waals surface area contributed by atoms with E-state index < -0.39 is 0 Å². The number of hydrogen-bond donors (Lipinski definition) is 0. The van der Waals surface area contributed by atoms with E-state index in [2.05, 4.69) is 51.1 Å². The fourth-order valence-corrected chi connectivity index (χ4v) is 8.51. The third-order valence-electron chi connectivity index (χ3n) is 9.77. The highest BCUT2D eigenvalue weighted by molar-refractivity contribution is 7.94. The maximum atomic E-state index is 12.3. The lowest BCUT2D eigenvalue weighted by Gasteiger charge is -2.60. The molecule has 0 radical (unpaired) electrons. The number of hydrogen-bond acceptors (Lipinski definition) is 3. The Balaban J connectivity index is 0.00000126. The topological polar surface area (TPSA) is 29.5 Å². The van der Waals surface area contributed by atoms with Gasteiger partial charge in [0.15, 0.2) is 0 Å². The number of fused-ring (bicyclic) bond motifs is 5. The quantitative estimate of drug-likeness (QED) is 0.433. The lowest BCUT2D eigenvalue weighted by molar-refractivity contribution is -0.139. The molecule has 0 N–H and O–H groups in total. The van der Waals surface area contributed by atoms with Gasteiger partial charge in [-0.15, -0.1) is 0 Å². The molecule has 4 heteroatoms. The highest BCUT2D eigenvalue weighted by atomic mass is 32.2. The van der Waals surface area contributed by atoms with E-state index >= 15 is 0 Å². The molecule has 4 aliphatic rings. The molecule has 3 aliphatic carbocycles. The molecule has 1 aromatic rings. The molecule has 3 nitrogen and oxygen atoms in total. The van der Waals surface area contributed by atoms with E-state index in [-0.39, 0.29) is 11.3 Å². The molecule has 5 rings (SSSR count).